The van der Waals surface area contributed by atoms with Crippen LogP contribution >= 0.6 is 0 Å². The number of nitrogens with one attached hydrogen (secondary N) is 1. The number of esters is 1. The van der Waals surface area contributed by atoms with Crippen molar-refractivity contribution in [1.82, 2.24) is 5.32 Å². The van der Waals surface area contributed by atoms with Crippen molar-refractivity contribution in [3.05, 3.63) is 35.4 Å². The number of hydrogen-bond acceptors (Lipinski definition) is 3. The molecule has 0 saturated carbocycles. The number of hydrogen-bond donors (Lipinski definition) is 1. The summed E-state index contributed by atoms with van der Waals surface area (Å²) in [5.74, 6) is -0.578. The third-order valence-corrected chi connectivity index (χ3v) is 2.56. The summed E-state index contributed by atoms with van der Waals surface area (Å²) in [4.78, 5) is 23.2. The van der Waals surface area contributed by atoms with Gasteiger partial charge >= 0.3 is 5.97 Å². The Hall–Kier alpha value is -1.84. The molecule has 0 aliphatic carbocycles. The lowest BCUT2D eigenvalue weighted by molar-refractivity contribution is -0.145. The van der Waals surface area contributed by atoms with Gasteiger partial charge < -0.3 is 10.1 Å². The van der Waals surface area contributed by atoms with Gasteiger partial charge in [-0.1, -0.05) is 18.2 Å². The first-order valence-corrected chi connectivity index (χ1v) is 5.27. The molecule has 0 radical (unpaired) electrons. The first-order chi connectivity index (χ1) is 7.72. The Morgan fingerprint density at radius 3 is 3.00 bits per heavy atom. The summed E-state index contributed by atoms with van der Waals surface area (Å²) < 4.78 is 4.89. The number of carbonyl (C=O) groups is 2. The maximum atomic E-state index is 11.7. The summed E-state index contributed by atoms with van der Waals surface area (Å²) in [5.41, 5.74) is 1.53. The third kappa shape index (κ3) is 1.91. The molecule has 4 nitrogen and oxygen atoms in total. The van der Waals surface area contributed by atoms with E-state index in [-0.39, 0.29) is 11.9 Å². The lowest BCUT2D eigenvalue weighted by atomic mass is 9.95. The molecule has 0 fully saturated rings. The van der Waals surface area contributed by atoms with Gasteiger partial charge in [0.15, 0.2) is 0 Å². The van der Waals surface area contributed by atoms with Crippen LogP contribution in [0.2, 0.25) is 0 Å². The molecule has 2 rings (SSSR count). The van der Waals surface area contributed by atoms with Crippen molar-refractivity contribution < 1.29 is 14.3 Å². The zero-order chi connectivity index (χ0) is 11.5. The van der Waals surface area contributed by atoms with Crippen LogP contribution in [0.15, 0.2) is 24.3 Å². The number of fused-ring (bicyclic) bond motifs is 1. The van der Waals surface area contributed by atoms with Crippen LogP contribution in [0.3, 0.4) is 0 Å². The lowest BCUT2D eigenvalue weighted by Crippen LogP contribution is -2.47. The number of rotatable bonds is 2. The summed E-state index contributed by atoms with van der Waals surface area (Å²) >= 11 is 0. The van der Waals surface area contributed by atoms with Crippen LogP contribution in [-0.2, 0) is 16.0 Å². The Kier molecular flexibility index (Phi) is 2.90. The Morgan fingerprint density at radius 2 is 2.25 bits per heavy atom. The molecule has 0 bridgehead atoms. The topological polar surface area (TPSA) is 55.4 Å². The quantitative estimate of drug-likeness (QED) is 0.752. The SMILES string of the molecule is CCOC(=O)C1Cc2ccccc2C(=O)N1. The van der Waals surface area contributed by atoms with E-state index in [1.807, 2.05) is 18.2 Å². The normalized spacial score (nSPS) is 18.6. The molecule has 1 aliphatic rings. The average Bonchev–Trinajstić information content (AvgIpc) is 2.29. The van der Waals surface area contributed by atoms with E-state index >= 15 is 0 Å². The Balaban J connectivity index is 2.21. The maximum Gasteiger partial charge on any atom is 0.328 e. The van der Waals surface area contributed by atoms with E-state index in [1.54, 1.807) is 13.0 Å². The molecule has 0 spiro atoms. The van der Waals surface area contributed by atoms with Gasteiger partial charge in [0.05, 0.1) is 6.61 Å². The van der Waals surface area contributed by atoms with Crippen molar-refractivity contribution in [2.24, 2.45) is 0 Å². The van der Waals surface area contributed by atoms with Crippen molar-refractivity contribution in [3.8, 4) is 0 Å². The average molecular weight is 219 g/mol. The molecule has 1 aromatic rings. The highest BCUT2D eigenvalue weighted by molar-refractivity contribution is 5.99. The second-order valence-electron chi connectivity index (χ2n) is 3.64. The first-order valence-electron chi connectivity index (χ1n) is 5.27. The second-order valence-corrected chi connectivity index (χ2v) is 3.64. The van der Waals surface area contributed by atoms with Crippen LogP contribution in [0, 0.1) is 0 Å². The van der Waals surface area contributed by atoms with E-state index < -0.39 is 6.04 Å². The molecule has 1 N–H and O–H groups in total. The lowest BCUT2D eigenvalue weighted by Gasteiger charge is -2.23. The van der Waals surface area contributed by atoms with E-state index in [1.165, 1.54) is 0 Å². The molecule has 1 heterocycles. The zero-order valence-electron chi connectivity index (χ0n) is 9.03. The molecule has 1 amide bonds. The number of amides is 1. The van der Waals surface area contributed by atoms with Crippen molar-refractivity contribution in [2.75, 3.05) is 6.61 Å². The van der Waals surface area contributed by atoms with Crippen LogP contribution < -0.4 is 5.32 Å². The van der Waals surface area contributed by atoms with Gasteiger partial charge in [-0.25, -0.2) is 4.79 Å². The van der Waals surface area contributed by atoms with E-state index in [9.17, 15) is 9.59 Å². The number of benzene rings is 1. The first kappa shape index (κ1) is 10.7. The predicted octanol–water partition coefficient (Wildman–Crippen LogP) is 0.904. The van der Waals surface area contributed by atoms with Crippen LogP contribution in [-0.4, -0.2) is 24.5 Å². The van der Waals surface area contributed by atoms with Gasteiger partial charge in [0.25, 0.3) is 5.91 Å². The molecule has 16 heavy (non-hydrogen) atoms. The van der Waals surface area contributed by atoms with Crippen LogP contribution in [0.4, 0.5) is 0 Å². The predicted molar refractivity (Wildman–Crippen MR) is 58.0 cm³/mol. The third-order valence-electron chi connectivity index (χ3n) is 2.56. The fourth-order valence-corrected chi connectivity index (χ4v) is 1.81. The molecular formula is C12H13NO3. The van der Waals surface area contributed by atoms with Crippen molar-refractivity contribution in [2.45, 2.75) is 19.4 Å². The molecular weight excluding hydrogens is 206 g/mol. The van der Waals surface area contributed by atoms with E-state index in [2.05, 4.69) is 5.32 Å². The summed E-state index contributed by atoms with van der Waals surface area (Å²) in [5, 5.41) is 2.64. The highest BCUT2D eigenvalue weighted by atomic mass is 16.5. The van der Waals surface area contributed by atoms with Gasteiger partial charge in [0.1, 0.15) is 6.04 Å². The maximum absolute atomic E-state index is 11.7. The van der Waals surface area contributed by atoms with Crippen LogP contribution in [0.1, 0.15) is 22.8 Å². The fraction of sp³-hybridized carbons (Fsp3) is 0.333. The van der Waals surface area contributed by atoms with Crippen LogP contribution in [0.5, 0.6) is 0 Å². The van der Waals surface area contributed by atoms with Gasteiger partial charge in [-0.3, -0.25) is 4.79 Å². The Morgan fingerprint density at radius 1 is 1.50 bits per heavy atom. The summed E-state index contributed by atoms with van der Waals surface area (Å²) in [6, 6.07) is 6.73. The van der Waals surface area contributed by atoms with Gasteiger partial charge in [-0.2, -0.15) is 0 Å². The molecule has 0 aromatic heterocycles. The number of carbonyl (C=O) groups excluding carboxylic acids is 2. The minimum atomic E-state index is -0.553. The fourth-order valence-electron chi connectivity index (χ4n) is 1.81. The molecule has 0 saturated heterocycles. The second kappa shape index (κ2) is 4.35. The number of ether oxygens (including phenoxy) is 1. The Labute approximate surface area is 93.6 Å². The van der Waals surface area contributed by atoms with Gasteiger partial charge in [0.2, 0.25) is 0 Å². The minimum Gasteiger partial charge on any atom is -0.464 e. The molecule has 1 atom stereocenters. The Bertz CT molecular complexity index is 428. The summed E-state index contributed by atoms with van der Waals surface area (Å²) in [6.45, 7) is 2.07. The highest BCUT2D eigenvalue weighted by Crippen LogP contribution is 2.16. The summed E-state index contributed by atoms with van der Waals surface area (Å²) in [7, 11) is 0. The smallest absolute Gasteiger partial charge is 0.328 e. The molecule has 4 heteroatoms. The van der Waals surface area contributed by atoms with Crippen molar-refractivity contribution in [1.29, 1.82) is 0 Å². The van der Waals surface area contributed by atoms with E-state index in [4.69, 9.17) is 4.74 Å². The molecule has 1 aromatic carbocycles. The van der Waals surface area contributed by atoms with Crippen molar-refractivity contribution in [3.63, 3.8) is 0 Å². The van der Waals surface area contributed by atoms with Crippen LogP contribution in [0.25, 0.3) is 0 Å². The van der Waals surface area contributed by atoms with Gasteiger partial charge in [-0.05, 0) is 18.6 Å². The highest BCUT2D eigenvalue weighted by Gasteiger charge is 2.29. The molecule has 1 unspecified atom stereocenters. The zero-order valence-corrected chi connectivity index (χ0v) is 9.03. The monoisotopic (exact) mass is 219 g/mol. The van der Waals surface area contributed by atoms with Gasteiger partial charge in [0, 0.05) is 12.0 Å². The van der Waals surface area contributed by atoms with E-state index in [0.29, 0.717) is 18.6 Å². The molecule has 84 valence electrons. The minimum absolute atomic E-state index is 0.208. The van der Waals surface area contributed by atoms with Gasteiger partial charge in [-0.15, -0.1) is 0 Å². The van der Waals surface area contributed by atoms with E-state index in [0.717, 1.165) is 5.56 Å². The summed E-state index contributed by atoms with van der Waals surface area (Å²) in [6.07, 6.45) is 0.501. The standard InChI is InChI=1S/C12H13NO3/c1-2-16-12(15)10-7-8-5-3-4-6-9(8)11(14)13-10/h3-6,10H,2,7H2,1H3,(H,13,14). The molecule has 1 aliphatic heterocycles. The largest absolute Gasteiger partial charge is 0.464 e. The van der Waals surface area contributed by atoms with Crippen molar-refractivity contribution >= 4 is 11.9 Å².